The van der Waals surface area contributed by atoms with Gasteiger partial charge in [0.15, 0.2) is 5.69 Å². The van der Waals surface area contributed by atoms with Crippen molar-refractivity contribution in [1.29, 1.82) is 0 Å². The Hall–Kier alpha value is -2.35. The van der Waals surface area contributed by atoms with Crippen LogP contribution in [-0.4, -0.2) is 4.57 Å². The van der Waals surface area contributed by atoms with Crippen molar-refractivity contribution >= 4 is 0 Å². The zero-order valence-electron chi connectivity index (χ0n) is 16.9. The van der Waals surface area contributed by atoms with Gasteiger partial charge in [-0.2, -0.15) is 9.13 Å². The van der Waals surface area contributed by atoms with E-state index in [9.17, 15) is 0 Å². The summed E-state index contributed by atoms with van der Waals surface area (Å²) in [5, 5.41) is 0. The molecule has 1 saturated carbocycles. The highest BCUT2D eigenvalue weighted by Gasteiger charge is 2.53. The van der Waals surface area contributed by atoms with Crippen LogP contribution in [0.15, 0.2) is 48.5 Å². The van der Waals surface area contributed by atoms with Gasteiger partial charge < -0.3 is 0 Å². The number of rotatable bonds is 2. The van der Waals surface area contributed by atoms with Crippen LogP contribution in [0.1, 0.15) is 60.9 Å². The molecule has 1 aliphatic heterocycles. The molecule has 2 aromatic carbocycles. The van der Waals surface area contributed by atoms with Gasteiger partial charge in [-0.25, -0.2) is 0 Å². The Labute approximate surface area is 162 Å². The first-order valence-corrected chi connectivity index (χ1v) is 10.4. The third-order valence-corrected chi connectivity index (χ3v) is 7.27. The second-order valence-electron chi connectivity index (χ2n) is 8.64. The van der Waals surface area contributed by atoms with Crippen LogP contribution in [0.5, 0.6) is 0 Å². The average Bonchev–Trinajstić information content (AvgIpc) is 3.35. The lowest BCUT2D eigenvalue weighted by Gasteiger charge is -2.30. The first-order valence-electron chi connectivity index (χ1n) is 10.4. The third kappa shape index (κ3) is 2.10. The Bertz CT molecular complexity index is 1040. The van der Waals surface area contributed by atoms with Crippen LogP contribution in [0.4, 0.5) is 0 Å². The third-order valence-electron chi connectivity index (χ3n) is 7.27. The van der Waals surface area contributed by atoms with Gasteiger partial charge in [-0.15, -0.1) is 0 Å². The normalized spacial score (nSPS) is 21.5. The van der Waals surface area contributed by atoms with E-state index in [2.05, 4.69) is 85.4 Å². The fourth-order valence-corrected chi connectivity index (χ4v) is 6.00. The Morgan fingerprint density at radius 2 is 1.59 bits per heavy atom. The minimum Gasteiger partial charge on any atom is -0.197 e. The van der Waals surface area contributed by atoms with E-state index in [1.165, 1.54) is 65.4 Å². The molecular weight excluding hydrogens is 328 g/mol. The van der Waals surface area contributed by atoms with E-state index in [1.807, 2.05) is 0 Å². The quantitative estimate of drug-likeness (QED) is 0.536. The Balaban J connectivity index is 1.84. The molecule has 0 bridgehead atoms. The molecule has 2 heterocycles. The van der Waals surface area contributed by atoms with Gasteiger partial charge >= 0.3 is 0 Å². The number of imidazole rings is 1. The summed E-state index contributed by atoms with van der Waals surface area (Å²) in [6, 6.07) is 17.9. The Morgan fingerprint density at radius 3 is 2.33 bits per heavy atom. The fourth-order valence-electron chi connectivity index (χ4n) is 6.00. The van der Waals surface area contributed by atoms with E-state index in [0.29, 0.717) is 0 Å². The van der Waals surface area contributed by atoms with E-state index >= 15 is 0 Å². The molecule has 5 rings (SSSR count). The molecular formula is C25H29N2+. The average molecular weight is 358 g/mol. The van der Waals surface area contributed by atoms with Gasteiger partial charge in [-0.05, 0) is 50.3 Å². The van der Waals surface area contributed by atoms with E-state index in [-0.39, 0.29) is 5.41 Å². The summed E-state index contributed by atoms with van der Waals surface area (Å²) >= 11 is 0. The van der Waals surface area contributed by atoms with Crippen LogP contribution in [0.25, 0.3) is 11.4 Å². The molecule has 0 amide bonds. The van der Waals surface area contributed by atoms with Gasteiger partial charge in [0.2, 0.25) is 0 Å². The maximum Gasteiger partial charge on any atom is 0.264 e. The number of hydrogen-bond donors (Lipinski definition) is 0. The van der Waals surface area contributed by atoms with Crippen molar-refractivity contribution in [3.05, 3.63) is 76.9 Å². The lowest BCUT2D eigenvalue weighted by molar-refractivity contribution is -0.606. The van der Waals surface area contributed by atoms with Crippen LogP contribution in [-0.2, 0) is 5.41 Å². The predicted octanol–water partition coefficient (Wildman–Crippen LogP) is 5.49. The summed E-state index contributed by atoms with van der Waals surface area (Å²) < 4.78 is 5.03. The minimum absolute atomic E-state index is 0.107. The molecule has 1 aromatic heterocycles. The Morgan fingerprint density at radius 1 is 0.926 bits per heavy atom. The molecule has 0 saturated heterocycles. The van der Waals surface area contributed by atoms with Crippen molar-refractivity contribution in [2.24, 2.45) is 5.92 Å². The number of nitrogens with zero attached hydrogens (tertiary/aromatic N) is 2. The first-order chi connectivity index (χ1) is 13.0. The number of fused-ring (bicyclic) bond motifs is 3. The van der Waals surface area contributed by atoms with Gasteiger partial charge in [0, 0.05) is 19.4 Å². The highest BCUT2D eigenvalue weighted by atomic mass is 15.2. The van der Waals surface area contributed by atoms with Crippen molar-refractivity contribution in [2.45, 2.75) is 58.8 Å². The van der Waals surface area contributed by atoms with E-state index in [0.717, 1.165) is 5.92 Å². The van der Waals surface area contributed by atoms with Crippen molar-refractivity contribution < 1.29 is 4.57 Å². The van der Waals surface area contributed by atoms with Crippen LogP contribution < -0.4 is 4.57 Å². The van der Waals surface area contributed by atoms with E-state index < -0.39 is 0 Å². The van der Waals surface area contributed by atoms with E-state index in [1.54, 1.807) is 0 Å². The maximum atomic E-state index is 2.55. The topological polar surface area (TPSA) is 8.81 Å². The van der Waals surface area contributed by atoms with Crippen molar-refractivity contribution in [3.8, 4) is 11.4 Å². The SMILES string of the molecule is Cc1ccccc1-n1c(C)c2[n+](c1C)-c1ccccc1C2(C)C1CCCC1. The molecule has 1 fully saturated rings. The monoisotopic (exact) mass is 357 g/mol. The summed E-state index contributed by atoms with van der Waals surface area (Å²) in [4.78, 5) is 0. The molecule has 138 valence electrons. The van der Waals surface area contributed by atoms with E-state index in [4.69, 9.17) is 0 Å². The lowest BCUT2D eigenvalue weighted by atomic mass is 9.69. The van der Waals surface area contributed by atoms with Crippen LogP contribution >= 0.6 is 0 Å². The fraction of sp³-hybridized carbons (Fsp3) is 0.400. The zero-order valence-corrected chi connectivity index (χ0v) is 16.9. The Kier molecular flexibility index (Phi) is 3.62. The summed E-state index contributed by atoms with van der Waals surface area (Å²) in [6.45, 7) is 9.33. The second kappa shape index (κ2) is 5.82. The number of benzene rings is 2. The first kappa shape index (κ1) is 16.8. The highest BCUT2D eigenvalue weighted by Crippen LogP contribution is 2.51. The van der Waals surface area contributed by atoms with Gasteiger partial charge in [-0.3, -0.25) is 0 Å². The predicted molar refractivity (Wildman–Crippen MR) is 110 cm³/mol. The molecule has 0 radical (unpaired) electrons. The number of hydrogen-bond acceptors (Lipinski definition) is 0. The second-order valence-corrected chi connectivity index (χ2v) is 8.64. The van der Waals surface area contributed by atoms with Gasteiger partial charge in [0.05, 0.1) is 5.41 Å². The molecule has 2 aliphatic rings. The van der Waals surface area contributed by atoms with Crippen molar-refractivity contribution in [3.63, 3.8) is 0 Å². The molecule has 0 N–H and O–H groups in total. The van der Waals surface area contributed by atoms with Crippen LogP contribution in [0.2, 0.25) is 0 Å². The maximum absolute atomic E-state index is 2.55. The van der Waals surface area contributed by atoms with Gasteiger partial charge in [0.25, 0.3) is 5.82 Å². The summed E-state index contributed by atoms with van der Waals surface area (Å²) in [5.41, 5.74) is 8.55. The standard InChI is InChI=1S/C25H29N2/c1-17-11-5-9-15-22(17)26-18(2)24-25(4,20-12-6-7-13-20)21-14-8-10-16-23(21)27(24)19(26)3/h5,8-11,14-16,20H,6-7,12-13H2,1-4H3/q+1. The van der Waals surface area contributed by atoms with Crippen molar-refractivity contribution in [1.82, 2.24) is 4.57 Å². The number of para-hydroxylation sites is 2. The highest BCUT2D eigenvalue weighted by molar-refractivity contribution is 5.53. The van der Waals surface area contributed by atoms with Gasteiger partial charge in [0.1, 0.15) is 17.1 Å². The number of aromatic nitrogens is 2. The summed E-state index contributed by atoms with van der Waals surface area (Å²) in [7, 11) is 0. The largest absolute Gasteiger partial charge is 0.264 e. The molecule has 3 aromatic rings. The molecule has 2 heteroatoms. The molecule has 0 spiro atoms. The zero-order chi connectivity index (χ0) is 18.8. The van der Waals surface area contributed by atoms with Crippen molar-refractivity contribution in [2.75, 3.05) is 0 Å². The molecule has 1 aliphatic carbocycles. The molecule has 1 unspecified atom stereocenters. The van der Waals surface area contributed by atoms with Crippen LogP contribution in [0, 0.1) is 26.7 Å². The van der Waals surface area contributed by atoms with Crippen LogP contribution in [0.3, 0.4) is 0 Å². The molecule has 2 nitrogen and oxygen atoms in total. The molecule has 27 heavy (non-hydrogen) atoms. The van der Waals surface area contributed by atoms with Gasteiger partial charge in [-0.1, -0.05) is 49.2 Å². The smallest absolute Gasteiger partial charge is 0.197 e. The number of aryl methyl sites for hydroxylation is 1. The lowest BCUT2D eigenvalue weighted by Crippen LogP contribution is -2.38. The summed E-state index contributed by atoms with van der Waals surface area (Å²) in [6.07, 6.45) is 5.44. The minimum atomic E-state index is 0.107. The molecule has 1 atom stereocenters. The summed E-state index contributed by atoms with van der Waals surface area (Å²) in [5.74, 6) is 2.05.